The van der Waals surface area contributed by atoms with Gasteiger partial charge in [-0.1, -0.05) is 58.9 Å². The fourth-order valence-corrected chi connectivity index (χ4v) is 4.70. The number of carbonyl (C=O) groups is 2. The lowest BCUT2D eigenvalue weighted by molar-refractivity contribution is -0.144. The van der Waals surface area contributed by atoms with E-state index in [9.17, 15) is 14.7 Å². The first kappa shape index (κ1) is 26.5. The monoisotopic (exact) mass is 436 g/mol. The lowest BCUT2D eigenvalue weighted by Gasteiger charge is -2.35. The van der Waals surface area contributed by atoms with Gasteiger partial charge in [-0.2, -0.15) is 0 Å². The van der Waals surface area contributed by atoms with Gasteiger partial charge in [0.2, 0.25) is 0 Å². The Kier molecular flexibility index (Phi) is 9.91. The van der Waals surface area contributed by atoms with Gasteiger partial charge < -0.3 is 14.3 Å². The number of rotatable bonds is 11. The first-order chi connectivity index (χ1) is 13.8. The van der Waals surface area contributed by atoms with Gasteiger partial charge in [-0.05, 0) is 48.4 Å². The maximum absolute atomic E-state index is 12.3. The first-order valence-electron chi connectivity index (χ1n) is 10.8. The molecule has 0 fully saturated rings. The van der Waals surface area contributed by atoms with E-state index in [-0.39, 0.29) is 36.1 Å². The SMILES string of the molecule is COC(=O)CC(=O)CC(O)(CCc1ccccc1C(O[SiH](C)C)C(C)(C)C)C(C)C. The van der Waals surface area contributed by atoms with Crippen molar-refractivity contribution >= 4 is 20.8 Å². The molecule has 0 aliphatic rings. The Morgan fingerprint density at radius 2 is 1.73 bits per heavy atom. The third-order valence-corrected chi connectivity index (χ3v) is 6.32. The Morgan fingerprint density at radius 3 is 2.23 bits per heavy atom. The quantitative estimate of drug-likeness (QED) is 0.311. The van der Waals surface area contributed by atoms with E-state index in [4.69, 9.17) is 4.43 Å². The average molecular weight is 437 g/mol. The summed E-state index contributed by atoms with van der Waals surface area (Å²) in [6.45, 7) is 14.7. The highest BCUT2D eigenvalue weighted by molar-refractivity contribution is 6.48. The maximum atomic E-state index is 12.3. The molecular weight excluding hydrogens is 396 g/mol. The summed E-state index contributed by atoms with van der Waals surface area (Å²) in [6.07, 6.45) is 0.686. The van der Waals surface area contributed by atoms with Crippen molar-refractivity contribution in [3.8, 4) is 0 Å². The topological polar surface area (TPSA) is 72.8 Å². The molecule has 0 bridgehead atoms. The Morgan fingerprint density at radius 1 is 1.13 bits per heavy atom. The van der Waals surface area contributed by atoms with Gasteiger partial charge >= 0.3 is 5.97 Å². The van der Waals surface area contributed by atoms with Gasteiger partial charge in [0, 0.05) is 6.42 Å². The molecule has 170 valence electrons. The highest BCUT2D eigenvalue weighted by Gasteiger charge is 2.35. The highest BCUT2D eigenvalue weighted by atomic mass is 28.3. The number of benzene rings is 1. The van der Waals surface area contributed by atoms with E-state index >= 15 is 0 Å². The fraction of sp³-hybridized carbons (Fsp3) is 0.667. The van der Waals surface area contributed by atoms with E-state index in [2.05, 4.69) is 50.7 Å². The van der Waals surface area contributed by atoms with E-state index in [1.165, 1.54) is 7.11 Å². The Bertz CT molecular complexity index is 708. The summed E-state index contributed by atoms with van der Waals surface area (Å²) in [5.74, 6) is -0.989. The number of Topliss-reactive ketones (excluding diaryl/α,β-unsaturated/α-hetero) is 1. The van der Waals surface area contributed by atoms with Gasteiger partial charge in [-0.25, -0.2) is 0 Å². The molecule has 5 nitrogen and oxygen atoms in total. The van der Waals surface area contributed by atoms with Gasteiger partial charge in [-0.15, -0.1) is 0 Å². The minimum atomic E-state index is -1.26. The molecule has 0 saturated heterocycles. The molecule has 30 heavy (non-hydrogen) atoms. The van der Waals surface area contributed by atoms with Crippen LogP contribution in [0.3, 0.4) is 0 Å². The van der Waals surface area contributed by atoms with Crippen molar-refractivity contribution in [3.05, 3.63) is 35.4 Å². The van der Waals surface area contributed by atoms with Crippen LogP contribution in [0.2, 0.25) is 13.1 Å². The number of hydrogen-bond donors (Lipinski definition) is 1. The number of hydrogen-bond acceptors (Lipinski definition) is 5. The van der Waals surface area contributed by atoms with E-state index in [1.807, 2.05) is 26.0 Å². The second kappa shape index (κ2) is 11.2. The Labute approximate surface area is 183 Å². The highest BCUT2D eigenvalue weighted by Crippen LogP contribution is 2.39. The fourth-order valence-electron chi connectivity index (χ4n) is 3.60. The summed E-state index contributed by atoms with van der Waals surface area (Å²) in [5, 5.41) is 11.2. The number of carbonyl (C=O) groups excluding carboxylic acids is 2. The minimum absolute atomic E-state index is 0.0199. The second-order valence-electron chi connectivity index (χ2n) is 9.86. The molecule has 0 saturated carbocycles. The molecule has 1 aromatic carbocycles. The van der Waals surface area contributed by atoms with Crippen LogP contribution in [0.1, 0.15) is 71.1 Å². The summed E-state index contributed by atoms with van der Waals surface area (Å²) >= 11 is 0. The van der Waals surface area contributed by atoms with Crippen LogP contribution in [-0.4, -0.2) is 38.6 Å². The van der Waals surface area contributed by atoms with Crippen LogP contribution in [0.4, 0.5) is 0 Å². The molecule has 0 heterocycles. The molecule has 0 aliphatic heterocycles. The summed E-state index contributed by atoms with van der Waals surface area (Å²) < 4.78 is 11.0. The minimum Gasteiger partial charge on any atom is -0.469 e. The average Bonchev–Trinajstić information content (AvgIpc) is 2.63. The first-order valence-corrected chi connectivity index (χ1v) is 13.6. The zero-order valence-electron chi connectivity index (χ0n) is 20.0. The zero-order valence-corrected chi connectivity index (χ0v) is 21.1. The predicted molar refractivity (Wildman–Crippen MR) is 123 cm³/mol. The summed E-state index contributed by atoms with van der Waals surface area (Å²) in [7, 11) is -0.00428. The van der Waals surface area contributed by atoms with Gasteiger partial charge in [0.15, 0.2) is 9.04 Å². The van der Waals surface area contributed by atoms with Crippen molar-refractivity contribution in [2.75, 3.05) is 7.11 Å². The molecule has 6 heteroatoms. The number of ketones is 1. The number of aryl methyl sites for hydroxylation is 1. The van der Waals surface area contributed by atoms with E-state index in [1.54, 1.807) is 0 Å². The standard InChI is InChI=1S/C24H40O5Si/c1-17(2)24(27,16-19(25)15-21(26)28-6)14-13-18-11-9-10-12-20(18)22(23(3,4)5)29-30(7)8/h9-12,17,22,27,30H,13-16H2,1-8H3. The molecule has 0 spiro atoms. The third-order valence-electron chi connectivity index (χ3n) is 5.51. The van der Waals surface area contributed by atoms with E-state index in [0.29, 0.717) is 12.8 Å². The van der Waals surface area contributed by atoms with Crippen LogP contribution < -0.4 is 0 Å². The van der Waals surface area contributed by atoms with Gasteiger partial charge in [0.25, 0.3) is 0 Å². The molecule has 0 amide bonds. The van der Waals surface area contributed by atoms with Crippen molar-refractivity contribution in [1.82, 2.24) is 0 Å². The molecule has 1 aromatic rings. The van der Waals surface area contributed by atoms with Gasteiger partial charge in [0.1, 0.15) is 12.2 Å². The smallest absolute Gasteiger partial charge is 0.313 e. The number of methoxy groups -OCH3 is 1. The summed E-state index contributed by atoms with van der Waals surface area (Å²) in [4.78, 5) is 23.7. The molecule has 2 atom stereocenters. The number of aliphatic hydroxyl groups is 1. The zero-order chi connectivity index (χ0) is 23.1. The van der Waals surface area contributed by atoms with Crippen molar-refractivity contribution in [3.63, 3.8) is 0 Å². The molecule has 1 rings (SSSR count). The van der Waals surface area contributed by atoms with Gasteiger partial charge in [0.05, 0.1) is 18.8 Å². The van der Waals surface area contributed by atoms with E-state index in [0.717, 1.165) is 11.1 Å². The predicted octanol–water partition coefficient (Wildman–Crippen LogP) is 4.62. The maximum Gasteiger partial charge on any atom is 0.313 e. The third kappa shape index (κ3) is 7.97. The van der Waals surface area contributed by atoms with Crippen LogP contribution >= 0.6 is 0 Å². The molecule has 0 aliphatic carbocycles. The van der Waals surface area contributed by atoms with Crippen LogP contribution in [0.5, 0.6) is 0 Å². The van der Waals surface area contributed by atoms with Crippen molar-refractivity contribution in [2.24, 2.45) is 11.3 Å². The molecule has 1 N–H and O–H groups in total. The molecular formula is C24H40O5Si. The Balaban J connectivity index is 3.08. The van der Waals surface area contributed by atoms with Crippen LogP contribution in [-0.2, 0) is 25.2 Å². The summed E-state index contributed by atoms with van der Waals surface area (Å²) in [5.41, 5.74) is 1.05. The largest absolute Gasteiger partial charge is 0.469 e. The molecule has 0 radical (unpaired) electrons. The lowest BCUT2D eigenvalue weighted by Crippen LogP contribution is -2.38. The van der Waals surface area contributed by atoms with Crippen molar-refractivity contribution in [2.45, 2.75) is 85.1 Å². The molecule has 2 unspecified atom stereocenters. The van der Waals surface area contributed by atoms with Crippen LogP contribution in [0.15, 0.2) is 24.3 Å². The van der Waals surface area contributed by atoms with Gasteiger partial charge in [-0.3, -0.25) is 9.59 Å². The van der Waals surface area contributed by atoms with Crippen LogP contribution in [0, 0.1) is 11.3 Å². The lowest BCUT2D eigenvalue weighted by atomic mass is 9.78. The van der Waals surface area contributed by atoms with Crippen LogP contribution in [0.25, 0.3) is 0 Å². The summed E-state index contributed by atoms with van der Waals surface area (Å²) in [6, 6.07) is 8.22. The Hall–Kier alpha value is -1.50. The van der Waals surface area contributed by atoms with Crippen molar-refractivity contribution in [1.29, 1.82) is 0 Å². The number of ether oxygens (including phenoxy) is 1. The van der Waals surface area contributed by atoms with E-state index < -0.39 is 20.6 Å². The second-order valence-corrected chi connectivity index (χ2v) is 12.2. The normalized spacial score (nSPS) is 15.2. The van der Waals surface area contributed by atoms with Crippen molar-refractivity contribution < 1.29 is 23.9 Å². The number of esters is 1. The molecule has 0 aromatic heterocycles.